The van der Waals surface area contributed by atoms with Gasteiger partial charge in [0.05, 0.1) is 34.4 Å². The average Bonchev–Trinajstić information content (AvgIpc) is 3.31. The normalized spacial score (nSPS) is 14.3. The fourth-order valence-electron chi connectivity index (χ4n) is 7.15. The molecule has 0 saturated carbocycles. The molecule has 0 aliphatic rings. The van der Waals surface area contributed by atoms with Crippen LogP contribution in [0.5, 0.6) is 0 Å². The number of unbranched alkanes of at least 4 members (excludes halogenated alkanes) is 18. The van der Waals surface area contributed by atoms with Gasteiger partial charge in [-0.2, -0.15) is 0 Å². The molecule has 0 aromatic carbocycles. The second-order valence-corrected chi connectivity index (χ2v) is 20.6. The number of esters is 1. The van der Waals surface area contributed by atoms with E-state index in [2.05, 4.69) is 123 Å². The summed E-state index contributed by atoms with van der Waals surface area (Å²) in [6, 6.07) is 0. The predicted molar refractivity (Wildman–Crippen MR) is 295 cm³/mol. The molecule has 0 fully saturated rings. The summed E-state index contributed by atoms with van der Waals surface area (Å²) in [4.78, 5) is 25.2. The molecule has 0 rings (SSSR count). The minimum Gasteiger partial charge on any atom is -0.756 e. The highest BCUT2D eigenvalue weighted by molar-refractivity contribution is 7.45. The Morgan fingerprint density at radius 3 is 1.19 bits per heavy atom. The summed E-state index contributed by atoms with van der Waals surface area (Å²) >= 11 is 0. The van der Waals surface area contributed by atoms with E-state index in [-0.39, 0.29) is 25.8 Å². The first-order chi connectivity index (χ1) is 33.6. The largest absolute Gasteiger partial charge is 0.756 e. The Balaban J connectivity index is 4.15. The summed E-state index contributed by atoms with van der Waals surface area (Å²) in [6.45, 7) is 5.16. The van der Waals surface area contributed by atoms with Crippen LogP contribution in [0.25, 0.3) is 0 Å². The Bertz CT molecular complexity index is 1470. The smallest absolute Gasteiger partial charge is 0.306 e. The lowest BCUT2D eigenvalue weighted by Crippen LogP contribution is -2.37. The van der Waals surface area contributed by atoms with Gasteiger partial charge in [0.25, 0.3) is 7.82 Å². The van der Waals surface area contributed by atoms with Crippen molar-refractivity contribution >= 4 is 13.8 Å². The number of allylic oxidation sites excluding steroid dienone is 18. The number of rotatable bonds is 50. The van der Waals surface area contributed by atoms with Gasteiger partial charge in [-0.25, -0.2) is 0 Å². The van der Waals surface area contributed by atoms with Crippen LogP contribution < -0.4 is 4.89 Å². The maximum atomic E-state index is 12.8. The number of phosphoric acid groups is 1. The summed E-state index contributed by atoms with van der Waals surface area (Å²) in [5.41, 5.74) is 0. The molecule has 0 saturated heterocycles. The van der Waals surface area contributed by atoms with Crippen molar-refractivity contribution in [3.63, 3.8) is 0 Å². The first kappa shape index (κ1) is 66.2. The number of ether oxygens (including phenoxy) is 2. The highest BCUT2D eigenvalue weighted by atomic mass is 31.2. The minimum atomic E-state index is -4.55. The van der Waals surface area contributed by atoms with E-state index in [1.807, 2.05) is 21.1 Å². The molecule has 0 aliphatic heterocycles. The van der Waals surface area contributed by atoms with Crippen LogP contribution >= 0.6 is 7.82 Å². The number of carbonyl (C=O) groups is 1. The predicted octanol–water partition coefficient (Wildman–Crippen LogP) is 16.9. The Morgan fingerprint density at radius 2 is 0.797 bits per heavy atom. The van der Waals surface area contributed by atoms with Gasteiger partial charge in [0, 0.05) is 13.0 Å². The van der Waals surface area contributed by atoms with E-state index in [4.69, 9.17) is 18.5 Å². The van der Waals surface area contributed by atoms with Crippen LogP contribution in [-0.2, 0) is 27.9 Å². The highest BCUT2D eigenvalue weighted by Crippen LogP contribution is 2.38. The zero-order chi connectivity index (χ0) is 50.5. The number of phosphoric ester groups is 1. The summed E-state index contributed by atoms with van der Waals surface area (Å²) < 4.78 is 34.8. The molecule has 2 atom stereocenters. The molecule has 0 aromatic rings. The van der Waals surface area contributed by atoms with E-state index in [0.717, 1.165) is 96.3 Å². The van der Waals surface area contributed by atoms with Crippen molar-refractivity contribution in [1.82, 2.24) is 0 Å². The highest BCUT2D eigenvalue weighted by Gasteiger charge is 2.20. The molecule has 8 nitrogen and oxygen atoms in total. The zero-order valence-electron chi connectivity index (χ0n) is 45.0. The van der Waals surface area contributed by atoms with E-state index >= 15 is 0 Å². The van der Waals surface area contributed by atoms with Gasteiger partial charge in [-0.3, -0.25) is 9.36 Å². The second-order valence-electron chi connectivity index (χ2n) is 19.2. The number of likely N-dealkylation sites (N-methyl/N-ethyl adjacent to an activating group) is 1. The minimum absolute atomic E-state index is 0.0176. The number of nitrogens with zero attached hydrogens (tertiary/aromatic N) is 1. The van der Waals surface area contributed by atoms with Crippen LogP contribution in [0.1, 0.15) is 206 Å². The molecule has 396 valence electrons. The zero-order valence-corrected chi connectivity index (χ0v) is 45.9. The first-order valence-electron chi connectivity index (χ1n) is 27.6. The molecule has 2 unspecified atom stereocenters. The van der Waals surface area contributed by atoms with Crippen LogP contribution in [0.15, 0.2) is 109 Å². The molecule has 0 aromatic heterocycles. The summed E-state index contributed by atoms with van der Waals surface area (Å²) in [6.07, 6.45) is 72.6. The lowest BCUT2D eigenvalue weighted by Gasteiger charge is -2.28. The van der Waals surface area contributed by atoms with Crippen molar-refractivity contribution in [3.05, 3.63) is 109 Å². The van der Waals surface area contributed by atoms with Crippen LogP contribution in [0.2, 0.25) is 0 Å². The van der Waals surface area contributed by atoms with Gasteiger partial charge < -0.3 is 27.9 Å². The molecule has 69 heavy (non-hydrogen) atoms. The van der Waals surface area contributed by atoms with Crippen LogP contribution in [0, 0.1) is 0 Å². The lowest BCUT2D eigenvalue weighted by molar-refractivity contribution is -0.870. The number of quaternary nitrogens is 1. The number of hydrogen-bond acceptors (Lipinski definition) is 7. The molecule has 0 amide bonds. The van der Waals surface area contributed by atoms with Gasteiger partial charge in [-0.15, -0.1) is 0 Å². The molecule has 9 heteroatoms. The summed E-state index contributed by atoms with van der Waals surface area (Å²) in [7, 11) is 1.33. The van der Waals surface area contributed by atoms with E-state index < -0.39 is 13.9 Å². The second kappa shape index (κ2) is 51.5. The molecular weight excluding hydrogens is 878 g/mol. The monoisotopic (exact) mass is 982 g/mol. The molecule has 0 aliphatic carbocycles. The summed E-state index contributed by atoms with van der Waals surface area (Å²) in [5, 5.41) is 0. The Morgan fingerprint density at radius 1 is 0.449 bits per heavy atom. The third-order valence-corrected chi connectivity index (χ3v) is 12.3. The average molecular weight is 982 g/mol. The van der Waals surface area contributed by atoms with Crippen LogP contribution in [-0.4, -0.2) is 70.7 Å². The quantitative estimate of drug-likeness (QED) is 0.0197. The maximum Gasteiger partial charge on any atom is 0.306 e. The van der Waals surface area contributed by atoms with Crippen molar-refractivity contribution < 1.29 is 37.3 Å². The molecule has 0 radical (unpaired) electrons. The van der Waals surface area contributed by atoms with Gasteiger partial charge in [0.2, 0.25) is 0 Å². The van der Waals surface area contributed by atoms with E-state index in [1.54, 1.807) is 0 Å². The van der Waals surface area contributed by atoms with Gasteiger partial charge in [0.1, 0.15) is 19.3 Å². The Kier molecular flexibility index (Phi) is 49.4. The lowest BCUT2D eigenvalue weighted by atomic mass is 10.1. The first-order valence-corrected chi connectivity index (χ1v) is 29.1. The third kappa shape index (κ3) is 56.0. The fourth-order valence-corrected chi connectivity index (χ4v) is 7.88. The van der Waals surface area contributed by atoms with Crippen LogP contribution in [0.3, 0.4) is 0 Å². The fraction of sp³-hybridized carbons (Fsp3) is 0.683. The molecule has 0 N–H and O–H groups in total. The van der Waals surface area contributed by atoms with E-state index in [1.165, 1.54) is 89.9 Å². The molecule has 0 bridgehead atoms. The van der Waals surface area contributed by atoms with Crippen molar-refractivity contribution in [2.75, 3.05) is 54.1 Å². The number of hydrogen-bond donors (Lipinski definition) is 0. The standard InChI is InChI=1S/C60H104NO7P/c1-6-8-10-12-14-16-18-20-22-24-26-28-29-30-31-32-34-36-38-40-42-44-46-48-50-52-55-65-57-59(58-67-69(63,64)66-56-54-61(3,4)5)68-60(62)53-51-49-47-45-43-41-39-37-35-33-27-25-23-21-19-17-15-13-11-9-7-2/h8-11,14-17,20-23,26-28,30-31,33,59H,6-7,12-13,18-19,24-25,29,32,34-58H2,1-5H3/b10-8-,11-9-,16-14-,17-15-,22-20-,23-21-,28-26-,31-30-,33-27-. The van der Waals surface area contributed by atoms with Crippen LogP contribution in [0.4, 0.5) is 0 Å². The molecular formula is C60H104NO7P. The SMILES string of the molecule is CC/C=C\C/C=C\C/C=C\C/C=C\C/C=C\CCCCCCCCCCCCOCC(COP(=O)([O-])OCC[N+](C)(C)C)OC(=O)CCCCCCCCCC/C=C\C/C=C\C/C=C\C/C=C\CC. The van der Waals surface area contributed by atoms with Gasteiger partial charge in [-0.1, -0.05) is 213 Å². The van der Waals surface area contributed by atoms with Gasteiger partial charge in [0.15, 0.2) is 0 Å². The van der Waals surface area contributed by atoms with Crippen molar-refractivity contribution in [2.45, 2.75) is 213 Å². The van der Waals surface area contributed by atoms with Crippen molar-refractivity contribution in [2.24, 2.45) is 0 Å². The topological polar surface area (TPSA) is 94.1 Å². The van der Waals surface area contributed by atoms with E-state index in [0.29, 0.717) is 24.1 Å². The van der Waals surface area contributed by atoms with Gasteiger partial charge >= 0.3 is 5.97 Å². The van der Waals surface area contributed by atoms with Crippen molar-refractivity contribution in [1.29, 1.82) is 0 Å². The Labute approximate surface area is 425 Å². The Hall–Kier alpha value is -2.84. The maximum absolute atomic E-state index is 12.8. The van der Waals surface area contributed by atoms with Crippen molar-refractivity contribution in [3.8, 4) is 0 Å². The third-order valence-electron chi connectivity index (χ3n) is 11.3. The van der Waals surface area contributed by atoms with E-state index in [9.17, 15) is 14.3 Å². The number of carbonyl (C=O) groups excluding carboxylic acids is 1. The molecule has 0 spiro atoms. The summed E-state index contributed by atoms with van der Waals surface area (Å²) in [5.74, 6) is -0.347. The van der Waals surface area contributed by atoms with Gasteiger partial charge in [-0.05, 0) is 96.3 Å². The molecule has 0 heterocycles.